The van der Waals surface area contributed by atoms with Gasteiger partial charge >= 0.3 is 0 Å². The molecule has 0 radical (unpaired) electrons. The lowest BCUT2D eigenvalue weighted by Gasteiger charge is -2.05. The summed E-state index contributed by atoms with van der Waals surface area (Å²) in [5.74, 6) is -0.142. The van der Waals surface area contributed by atoms with Crippen molar-refractivity contribution < 1.29 is 4.79 Å². The summed E-state index contributed by atoms with van der Waals surface area (Å²) in [7, 11) is 0. The lowest BCUT2D eigenvalue weighted by atomic mass is 10.2. The van der Waals surface area contributed by atoms with Gasteiger partial charge in [0.05, 0.1) is 17.9 Å². The Morgan fingerprint density at radius 3 is 2.67 bits per heavy atom. The third-order valence-corrected chi connectivity index (χ3v) is 6.27. The third kappa shape index (κ3) is 4.73. The van der Waals surface area contributed by atoms with Crippen molar-refractivity contribution >= 4 is 17.2 Å². The van der Waals surface area contributed by atoms with Crippen LogP contribution >= 0.6 is 11.3 Å². The Balaban J connectivity index is 1.25. The van der Waals surface area contributed by atoms with Gasteiger partial charge in [-0.25, -0.2) is 9.67 Å². The lowest BCUT2D eigenvalue weighted by Crippen LogP contribution is -2.22. The van der Waals surface area contributed by atoms with Crippen LogP contribution in [-0.4, -0.2) is 35.4 Å². The fourth-order valence-corrected chi connectivity index (χ4v) is 4.36. The summed E-state index contributed by atoms with van der Waals surface area (Å²) in [4.78, 5) is 21.9. The average molecular weight is 456 g/mol. The molecule has 0 aliphatic heterocycles. The quantitative estimate of drug-likeness (QED) is 0.402. The molecule has 0 atom stereocenters. The van der Waals surface area contributed by atoms with Crippen LogP contribution in [0.4, 0.5) is 0 Å². The molecule has 1 amide bonds. The van der Waals surface area contributed by atoms with Gasteiger partial charge in [0.2, 0.25) is 0 Å². The van der Waals surface area contributed by atoms with E-state index in [4.69, 9.17) is 0 Å². The first-order valence-electron chi connectivity index (χ1n) is 10.4. The van der Waals surface area contributed by atoms with Crippen LogP contribution in [-0.2, 0) is 13.1 Å². The smallest absolute Gasteiger partial charge is 0.263 e. The van der Waals surface area contributed by atoms with E-state index in [0.717, 1.165) is 27.5 Å². The van der Waals surface area contributed by atoms with E-state index in [1.807, 2.05) is 65.1 Å². The fraction of sp³-hybridized carbons (Fsp3) is 0.125. The van der Waals surface area contributed by atoms with Gasteiger partial charge < -0.3 is 5.32 Å². The second-order valence-electron chi connectivity index (χ2n) is 7.49. The maximum absolute atomic E-state index is 12.6. The number of rotatable bonds is 7. The minimum Gasteiger partial charge on any atom is -0.347 e. The number of aromatic nitrogens is 6. The molecule has 1 aromatic carbocycles. The highest BCUT2D eigenvalue weighted by atomic mass is 32.1. The van der Waals surface area contributed by atoms with Gasteiger partial charge in [-0.1, -0.05) is 18.2 Å². The molecule has 0 aliphatic rings. The number of benzene rings is 1. The van der Waals surface area contributed by atoms with Gasteiger partial charge in [-0.15, -0.1) is 11.3 Å². The van der Waals surface area contributed by atoms with Crippen LogP contribution in [0.25, 0.3) is 16.4 Å². The van der Waals surface area contributed by atoms with Crippen LogP contribution in [0.5, 0.6) is 0 Å². The summed E-state index contributed by atoms with van der Waals surface area (Å²) >= 11 is 1.35. The van der Waals surface area contributed by atoms with Crippen molar-refractivity contribution in [1.82, 2.24) is 34.8 Å². The van der Waals surface area contributed by atoms with Crippen molar-refractivity contribution in [2.75, 3.05) is 0 Å². The zero-order valence-electron chi connectivity index (χ0n) is 17.9. The molecule has 4 aromatic heterocycles. The number of pyridine rings is 1. The fourth-order valence-electron chi connectivity index (χ4n) is 3.41. The first-order chi connectivity index (χ1) is 16.2. The summed E-state index contributed by atoms with van der Waals surface area (Å²) in [5.41, 5.74) is 4.54. The van der Waals surface area contributed by atoms with E-state index in [1.54, 1.807) is 18.6 Å². The normalized spacial score (nSPS) is 10.9. The number of nitrogens with one attached hydrogen (secondary N) is 1. The van der Waals surface area contributed by atoms with Crippen LogP contribution in [0.1, 0.15) is 26.5 Å². The molecule has 0 fully saturated rings. The predicted octanol–water partition coefficient (Wildman–Crippen LogP) is 3.87. The summed E-state index contributed by atoms with van der Waals surface area (Å²) in [6.07, 6.45) is 9.05. The number of aryl methyl sites for hydroxylation is 1. The molecule has 0 unspecified atom stereocenters. The highest BCUT2D eigenvalue weighted by Gasteiger charge is 2.17. The first kappa shape index (κ1) is 20.8. The Morgan fingerprint density at radius 2 is 1.91 bits per heavy atom. The predicted molar refractivity (Wildman–Crippen MR) is 126 cm³/mol. The average Bonchev–Trinajstić information content (AvgIpc) is 3.60. The van der Waals surface area contributed by atoms with Crippen LogP contribution < -0.4 is 5.32 Å². The van der Waals surface area contributed by atoms with Gasteiger partial charge in [-0.05, 0) is 48.4 Å². The second kappa shape index (κ2) is 9.17. The summed E-state index contributed by atoms with van der Waals surface area (Å²) in [6.45, 7) is 2.91. The van der Waals surface area contributed by atoms with Gasteiger partial charge in [0.25, 0.3) is 5.91 Å². The number of carbonyl (C=O) groups excluding carboxylic acids is 1. The number of hydrogen-bond acceptors (Lipinski definition) is 6. The van der Waals surface area contributed by atoms with Crippen LogP contribution in [0.15, 0.2) is 79.5 Å². The molecule has 1 N–H and O–H groups in total. The molecule has 0 saturated heterocycles. The Morgan fingerprint density at radius 1 is 1.03 bits per heavy atom. The molecule has 5 rings (SSSR count). The molecule has 0 spiro atoms. The van der Waals surface area contributed by atoms with Gasteiger partial charge in [-0.3, -0.25) is 14.5 Å². The molecular formula is C24H21N7OS. The third-order valence-electron chi connectivity index (χ3n) is 5.09. The molecular weight excluding hydrogens is 434 g/mol. The van der Waals surface area contributed by atoms with Crippen molar-refractivity contribution in [3.8, 4) is 16.4 Å². The van der Waals surface area contributed by atoms with Crippen molar-refractivity contribution in [3.63, 3.8) is 0 Å². The van der Waals surface area contributed by atoms with E-state index in [9.17, 15) is 4.79 Å². The van der Waals surface area contributed by atoms with Gasteiger partial charge in [-0.2, -0.15) is 10.2 Å². The molecule has 0 aliphatic carbocycles. The van der Waals surface area contributed by atoms with E-state index in [-0.39, 0.29) is 5.91 Å². The zero-order chi connectivity index (χ0) is 22.6. The van der Waals surface area contributed by atoms with Crippen molar-refractivity contribution in [1.29, 1.82) is 0 Å². The molecule has 9 heteroatoms. The highest BCUT2D eigenvalue weighted by Crippen LogP contribution is 2.27. The molecule has 4 heterocycles. The van der Waals surface area contributed by atoms with Crippen molar-refractivity contribution in [2.45, 2.75) is 20.0 Å². The van der Waals surface area contributed by atoms with Crippen molar-refractivity contribution in [2.24, 2.45) is 0 Å². The summed E-state index contributed by atoms with van der Waals surface area (Å²) < 4.78 is 3.70. The van der Waals surface area contributed by atoms with Crippen LogP contribution in [0.2, 0.25) is 0 Å². The zero-order valence-corrected chi connectivity index (χ0v) is 18.7. The number of carbonyl (C=O) groups is 1. The van der Waals surface area contributed by atoms with Crippen LogP contribution in [0, 0.1) is 6.92 Å². The van der Waals surface area contributed by atoms with E-state index >= 15 is 0 Å². The van der Waals surface area contributed by atoms with Gasteiger partial charge in [0.15, 0.2) is 0 Å². The Kier molecular flexibility index (Phi) is 5.77. The largest absolute Gasteiger partial charge is 0.347 e. The van der Waals surface area contributed by atoms with Gasteiger partial charge in [0.1, 0.15) is 15.6 Å². The number of amides is 1. The Bertz CT molecular complexity index is 1360. The molecule has 5 aromatic rings. The Hall–Kier alpha value is -4.11. The molecule has 164 valence electrons. The van der Waals surface area contributed by atoms with Gasteiger partial charge in [0, 0.05) is 37.5 Å². The molecule has 33 heavy (non-hydrogen) atoms. The molecule has 0 saturated carbocycles. The van der Waals surface area contributed by atoms with E-state index in [2.05, 4.69) is 37.6 Å². The molecule has 0 bridgehead atoms. The maximum Gasteiger partial charge on any atom is 0.263 e. The van der Waals surface area contributed by atoms with Crippen molar-refractivity contribution in [3.05, 3.63) is 101 Å². The van der Waals surface area contributed by atoms with Crippen LogP contribution in [0.3, 0.4) is 0 Å². The second-order valence-corrected chi connectivity index (χ2v) is 8.49. The minimum atomic E-state index is -0.142. The monoisotopic (exact) mass is 455 g/mol. The topological polar surface area (TPSA) is 90.5 Å². The van der Waals surface area contributed by atoms with E-state index in [0.29, 0.717) is 23.7 Å². The number of hydrogen-bond donors (Lipinski definition) is 1. The summed E-state index contributed by atoms with van der Waals surface area (Å²) in [5, 5.41) is 12.6. The first-order valence-corrected chi connectivity index (χ1v) is 11.2. The molecule has 8 nitrogen and oxygen atoms in total. The maximum atomic E-state index is 12.6. The highest BCUT2D eigenvalue weighted by molar-refractivity contribution is 7.17. The number of nitrogens with zero attached hydrogens (tertiary/aromatic N) is 6. The Labute approximate surface area is 194 Å². The lowest BCUT2D eigenvalue weighted by molar-refractivity contribution is 0.0954. The number of thiazole rings is 1. The van der Waals surface area contributed by atoms with E-state index < -0.39 is 0 Å². The summed E-state index contributed by atoms with van der Waals surface area (Å²) in [6, 6.07) is 15.8. The minimum absolute atomic E-state index is 0.142. The van der Waals surface area contributed by atoms with E-state index in [1.165, 1.54) is 11.3 Å². The standard InChI is InChI=1S/C24H21N7OS/c1-17-22(23(32)26-15-19-4-2-10-25-14-19)33-24(28-17)21-9-13-30(29-21)16-18-5-7-20(8-6-18)31-12-3-11-27-31/h2-14H,15-16H2,1H3,(H,26,32). The SMILES string of the molecule is Cc1nc(-c2ccn(Cc3ccc(-n4cccn4)cc3)n2)sc1C(=O)NCc1cccnc1.